The van der Waals surface area contributed by atoms with Crippen molar-refractivity contribution in [2.24, 2.45) is 4.99 Å². The summed E-state index contributed by atoms with van der Waals surface area (Å²) in [4.78, 5) is 4.33. The van der Waals surface area contributed by atoms with Crippen LogP contribution in [-0.2, 0) is 0 Å². The van der Waals surface area contributed by atoms with Gasteiger partial charge in [0, 0.05) is 17.4 Å². The Balaban J connectivity index is 2.19. The van der Waals surface area contributed by atoms with Gasteiger partial charge >= 0.3 is 0 Å². The van der Waals surface area contributed by atoms with Crippen LogP contribution in [0.2, 0.25) is 5.02 Å². The van der Waals surface area contributed by atoms with Crippen LogP contribution in [-0.4, -0.2) is 12.4 Å². The highest BCUT2D eigenvalue weighted by atomic mass is 79.9. The molecule has 0 atom stereocenters. The van der Waals surface area contributed by atoms with E-state index in [1.807, 2.05) is 18.2 Å². The highest BCUT2D eigenvalue weighted by Crippen LogP contribution is 2.26. The number of rotatable bonds is 1. The lowest BCUT2D eigenvalue weighted by Gasteiger charge is -2.07. The lowest BCUT2D eigenvalue weighted by Crippen LogP contribution is -2.08. The predicted molar refractivity (Wildman–Crippen MR) is 64.3 cm³/mol. The second kappa shape index (κ2) is 4.32. The second-order valence-corrected chi connectivity index (χ2v) is 4.50. The van der Waals surface area contributed by atoms with Crippen LogP contribution in [0, 0.1) is 0 Å². The predicted octanol–water partition coefficient (Wildman–Crippen LogP) is 3.71. The van der Waals surface area contributed by atoms with Gasteiger partial charge in [-0.2, -0.15) is 0 Å². The summed E-state index contributed by atoms with van der Waals surface area (Å²) in [5, 5.41) is 3.96. The van der Waals surface area contributed by atoms with E-state index in [1.54, 1.807) is 0 Å². The molecular formula is C10H10BrClN2. The highest BCUT2D eigenvalue weighted by molar-refractivity contribution is 9.10. The van der Waals surface area contributed by atoms with Gasteiger partial charge in [-0.25, -0.2) is 0 Å². The van der Waals surface area contributed by atoms with Gasteiger partial charge < -0.3 is 5.32 Å². The van der Waals surface area contributed by atoms with Crippen LogP contribution in [0.1, 0.15) is 12.8 Å². The van der Waals surface area contributed by atoms with Gasteiger partial charge in [0.15, 0.2) is 0 Å². The summed E-state index contributed by atoms with van der Waals surface area (Å²) >= 11 is 9.44. The summed E-state index contributed by atoms with van der Waals surface area (Å²) in [6.45, 7) is 0.925. The Morgan fingerprint density at radius 2 is 2.29 bits per heavy atom. The molecule has 0 radical (unpaired) electrons. The fourth-order valence-electron chi connectivity index (χ4n) is 1.39. The fraction of sp³-hybridized carbons (Fsp3) is 0.300. The van der Waals surface area contributed by atoms with Crippen molar-refractivity contribution in [3.8, 4) is 0 Å². The third kappa shape index (κ3) is 2.28. The lowest BCUT2D eigenvalue weighted by atomic mass is 10.3. The number of amidine groups is 1. The van der Waals surface area contributed by atoms with Crippen molar-refractivity contribution in [1.29, 1.82) is 0 Å². The van der Waals surface area contributed by atoms with E-state index in [2.05, 4.69) is 26.2 Å². The Bertz CT molecular complexity index is 376. The maximum Gasteiger partial charge on any atom is 0.101 e. The highest BCUT2D eigenvalue weighted by Gasteiger charge is 2.08. The zero-order chi connectivity index (χ0) is 9.97. The van der Waals surface area contributed by atoms with Gasteiger partial charge in [-0.05, 0) is 24.6 Å². The Hall–Kier alpha value is -0.540. The van der Waals surface area contributed by atoms with E-state index in [0.717, 1.165) is 40.4 Å². The van der Waals surface area contributed by atoms with E-state index in [0.29, 0.717) is 0 Å². The van der Waals surface area contributed by atoms with Crippen LogP contribution < -0.4 is 5.32 Å². The third-order valence-electron chi connectivity index (χ3n) is 2.08. The van der Waals surface area contributed by atoms with E-state index in [-0.39, 0.29) is 0 Å². The van der Waals surface area contributed by atoms with Gasteiger partial charge in [0.25, 0.3) is 0 Å². The maximum absolute atomic E-state index is 6.04. The van der Waals surface area contributed by atoms with Gasteiger partial charge in [-0.3, -0.25) is 4.99 Å². The van der Waals surface area contributed by atoms with E-state index < -0.39 is 0 Å². The van der Waals surface area contributed by atoms with Gasteiger partial charge in [0.2, 0.25) is 0 Å². The largest absolute Gasteiger partial charge is 0.343 e. The first-order valence-corrected chi connectivity index (χ1v) is 5.68. The lowest BCUT2D eigenvalue weighted by molar-refractivity contribution is 0.951. The van der Waals surface area contributed by atoms with Crippen molar-refractivity contribution in [3.63, 3.8) is 0 Å². The quantitative estimate of drug-likeness (QED) is 0.829. The number of halogens is 2. The van der Waals surface area contributed by atoms with Crippen molar-refractivity contribution >= 4 is 39.1 Å². The van der Waals surface area contributed by atoms with E-state index >= 15 is 0 Å². The zero-order valence-corrected chi connectivity index (χ0v) is 9.90. The van der Waals surface area contributed by atoms with Gasteiger partial charge in [-0.15, -0.1) is 0 Å². The van der Waals surface area contributed by atoms with Crippen LogP contribution in [0.3, 0.4) is 0 Å². The first kappa shape index (κ1) is 9.99. The average molecular weight is 274 g/mol. The summed E-state index contributed by atoms with van der Waals surface area (Å²) in [6.07, 6.45) is 2.15. The molecule has 0 aliphatic carbocycles. The van der Waals surface area contributed by atoms with Crippen molar-refractivity contribution in [2.75, 3.05) is 11.9 Å². The molecule has 0 fully saturated rings. The minimum absolute atomic E-state index is 0.725. The number of hydrogen-bond donors (Lipinski definition) is 1. The van der Waals surface area contributed by atoms with Crippen molar-refractivity contribution in [3.05, 3.63) is 27.7 Å². The smallest absolute Gasteiger partial charge is 0.101 e. The average Bonchev–Trinajstić information content (AvgIpc) is 2.64. The standard InChI is InChI=1S/C10H10BrClN2/c11-7-3-4-8(12)9(6-7)14-10-2-1-5-13-10/h3-4,6H,1-2,5H2,(H,13,14). The first-order valence-electron chi connectivity index (χ1n) is 4.51. The number of nitrogens with zero attached hydrogens (tertiary/aromatic N) is 1. The minimum atomic E-state index is 0.725. The van der Waals surface area contributed by atoms with Crippen molar-refractivity contribution in [2.45, 2.75) is 12.8 Å². The molecule has 1 heterocycles. The Morgan fingerprint density at radius 3 is 3.00 bits per heavy atom. The molecule has 1 aliphatic heterocycles. The summed E-state index contributed by atoms with van der Waals surface area (Å²) in [7, 11) is 0. The number of aliphatic imine (C=N–C) groups is 1. The maximum atomic E-state index is 6.04. The number of anilines is 1. The van der Waals surface area contributed by atoms with Crippen molar-refractivity contribution < 1.29 is 0 Å². The zero-order valence-electron chi connectivity index (χ0n) is 7.56. The molecule has 4 heteroatoms. The van der Waals surface area contributed by atoms with Gasteiger partial charge in [0.05, 0.1) is 10.7 Å². The molecule has 74 valence electrons. The molecule has 0 saturated carbocycles. The fourth-order valence-corrected chi connectivity index (χ4v) is 1.92. The summed E-state index contributed by atoms with van der Waals surface area (Å²) in [5.74, 6) is 1.03. The topological polar surface area (TPSA) is 24.4 Å². The molecule has 1 N–H and O–H groups in total. The molecule has 1 aromatic rings. The molecule has 0 bridgehead atoms. The number of hydrogen-bond acceptors (Lipinski definition) is 2. The molecular weight excluding hydrogens is 263 g/mol. The molecule has 1 aromatic carbocycles. The summed E-state index contributed by atoms with van der Waals surface area (Å²) in [5.41, 5.74) is 0.918. The number of benzene rings is 1. The van der Waals surface area contributed by atoms with Gasteiger partial charge in [0.1, 0.15) is 5.84 Å². The molecule has 2 rings (SSSR count). The monoisotopic (exact) mass is 272 g/mol. The minimum Gasteiger partial charge on any atom is -0.343 e. The molecule has 1 aliphatic rings. The summed E-state index contributed by atoms with van der Waals surface area (Å²) < 4.78 is 1.02. The SMILES string of the molecule is Clc1ccc(Br)cc1NC1=NCCC1. The second-order valence-electron chi connectivity index (χ2n) is 3.18. The van der Waals surface area contributed by atoms with E-state index in [1.165, 1.54) is 0 Å². The number of nitrogens with one attached hydrogen (secondary N) is 1. The molecule has 0 amide bonds. The Morgan fingerprint density at radius 1 is 1.43 bits per heavy atom. The van der Waals surface area contributed by atoms with Crippen molar-refractivity contribution in [1.82, 2.24) is 0 Å². The van der Waals surface area contributed by atoms with E-state index in [4.69, 9.17) is 11.6 Å². The molecule has 0 unspecified atom stereocenters. The van der Waals surface area contributed by atoms with Crippen LogP contribution in [0.25, 0.3) is 0 Å². The molecule has 0 spiro atoms. The Kier molecular flexibility index (Phi) is 3.08. The molecule has 0 saturated heterocycles. The summed E-state index contributed by atoms with van der Waals surface area (Å²) in [6, 6.07) is 5.75. The van der Waals surface area contributed by atoms with Crippen LogP contribution in [0.5, 0.6) is 0 Å². The third-order valence-corrected chi connectivity index (χ3v) is 2.90. The Labute approximate surface area is 96.5 Å². The molecule has 2 nitrogen and oxygen atoms in total. The van der Waals surface area contributed by atoms with Gasteiger partial charge in [-0.1, -0.05) is 27.5 Å². The molecule has 14 heavy (non-hydrogen) atoms. The molecule has 0 aromatic heterocycles. The van der Waals surface area contributed by atoms with Crippen LogP contribution in [0.4, 0.5) is 5.69 Å². The van der Waals surface area contributed by atoms with Crippen LogP contribution in [0.15, 0.2) is 27.7 Å². The first-order chi connectivity index (χ1) is 6.75. The van der Waals surface area contributed by atoms with Crippen LogP contribution >= 0.6 is 27.5 Å². The normalized spacial score (nSPS) is 15.4. The van der Waals surface area contributed by atoms with E-state index in [9.17, 15) is 0 Å².